The zero-order chi connectivity index (χ0) is 13.8. The smallest absolute Gasteiger partial charge is 0.127 e. The summed E-state index contributed by atoms with van der Waals surface area (Å²) < 4.78 is 13.7. The molecule has 2 N–H and O–H groups in total. The standard InChI is InChI=1S/C15H19FN2S/c1-11-7-8-15(19-11)14(9-17)18(2)10-12-5-3-4-6-13(12)16/h3-8,14H,9-10,17H2,1-2H3. The van der Waals surface area contributed by atoms with Gasteiger partial charge in [-0.3, -0.25) is 4.90 Å². The summed E-state index contributed by atoms with van der Waals surface area (Å²) in [7, 11) is 1.99. The van der Waals surface area contributed by atoms with Gasteiger partial charge in [0.05, 0.1) is 6.04 Å². The van der Waals surface area contributed by atoms with Crippen molar-refractivity contribution < 1.29 is 4.39 Å². The Labute approximate surface area is 117 Å². The van der Waals surface area contributed by atoms with Crippen molar-refractivity contribution in [3.63, 3.8) is 0 Å². The highest BCUT2D eigenvalue weighted by molar-refractivity contribution is 7.12. The summed E-state index contributed by atoms with van der Waals surface area (Å²) in [5, 5.41) is 0. The van der Waals surface area contributed by atoms with Crippen LogP contribution in [0.3, 0.4) is 0 Å². The molecule has 0 radical (unpaired) electrons. The number of thiophene rings is 1. The third kappa shape index (κ3) is 3.41. The van der Waals surface area contributed by atoms with E-state index in [1.807, 2.05) is 19.2 Å². The van der Waals surface area contributed by atoms with Crippen LogP contribution in [0.4, 0.5) is 4.39 Å². The molecule has 0 spiro atoms. The summed E-state index contributed by atoms with van der Waals surface area (Å²) in [6, 6.07) is 11.2. The van der Waals surface area contributed by atoms with Gasteiger partial charge in [0, 0.05) is 28.4 Å². The minimum atomic E-state index is -0.160. The van der Waals surface area contributed by atoms with E-state index < -0.39 is 0 Å². The molecule has 0 aliphatic rings. The number of aryl methyl sites for hydroxylation is 1. The maximum Gasteiger partial charge on any atom is 0.127 e. The Morgan fingerprint density at radius 3 is 2.58 bits per heavy atom. The molecule has 0 saturated carbocycles. The molecule has 1 unspecified atom stereocenters. The first-order valence-electron chi connectivity index (χ1n) is 6.32. The Kier molecular flexibility index (Phi) is 4.69. The number of hydrogen-bond acceptors (Lipinski definition) is 3. The van der Waals surface area contributed by atoms with Gasteiger partial charge in [0.25, 0.3) is 0 Å². The molecule has 2 rings (SSSR count). The van der Waals surface area contributed by atoms with E-state index in [0.29, 0.717) is 18.7 Å². The normalized spacial score (nSPS) is 12.9. The molecule has 102 valence electrons. The number of nitrogens with two attached hydrogens (primary N) is 1. The van der Waals surface area contributed by atoms with Crippen LogP contribution in [0.15, 0.2) is 36.4 Å². The maximum atomic E-state index is 13.7. The van der Waals surface area contributed by atoms with Crippen LogP contribution >= 0.6 is 11.3 Å². The fourth-order valence-corrected chi connectivity index (χ4v) is 3.21. The molecule has 4 heteroatoms. The van der Waals surface area contributed by atoms with Crippen molar-refractivity contribution in [1.29, 1.82) is 0 Å². The Morgan fingerprint density at radius 1 is 1.26 bits per heavy atom. The molecule has 0 bridgehead atoms. The van der Waals surface area contributed by atoms with E-state index in [1.165, 1.54) is 15.8 Å². The quantitative estimate of drug-likeness (QED) is 0.909. The lowest BCUT2D eigenvalue weighted by molar-refractivity contribution is 0.242. The third-order valence-electron chi connectivity index (χ3n) is 3.22. The highest BCUT2D eigenvalue weighted by atomic mass is 32.1. The molecule has 1 atom stereocenters. The number of likely N-dealkylation sites (N-methyl/N-ethyl adjacent to an activating group) is 1. The number of halogens is 1. The molecular weight excluding hydrogens is 259 g/mol. The number of benzene rings is 1. The third-order valence-corrected chi connectivity index (χ3v) is 4.32. The second kappa shape index (κ2) is 6.28. The van der Waals surface area contributed by atoms with Crippen LogP contribution in [0, 0.1) is 12.7 Å². The number of nitrogens with zero attached hydrogens (tertiary/aromatic N) is 1. The number of hydrogen-bond donors (Lipinski definition) is 1. The van der Waals surface area contributed by atoms with Gasteiger partial charge in [0.1, 0.15) is 5.82 Å². The zero-order valence-electron chi connectivity index (χ0n) is 11.3. The number of rotatable bonds is 5. The predicted molar refractivity (Wildman–Crippen MR) is 78.7 cm³/mol. The minimum Gasteiger partial charge on any atom is -0.329 e. The Balaban J connectivity index is 2.13. The maximum absolute atomic E-state index is 13.7. The van der Waals surface area contributed by atoms with E-state index >= 15 is 0 Å². The van der Waals surface area contributed by atoms with Crippen molar-refractivity contribution in [2.24, 2.45) is 5.73 Å². The topological polar surface area (TPSA) is 29.3 Å². The fraction of sp³-hybridized carbons (Fsp3) is 0.333. The average Bonchev–Trinajstić information content (AvgIpc) is 2.80. The summed E-state index contributed by atoms with van der Waals surface area (Å²) in [6.45, 7) is 3.18. The molecule has 0 aliphatic heterocycles. The Bertz CT molecular complexity index is 538. The molecule has 0 saturated heterocycles. The van der Waals surface area contributed by atoms with E-state index in [1.54, 1.807) is 17.4 Å². The molecule has 0 aliphatic carbocycles. The van der Waals surface area contributed by atoms with Gasteiger partial charge in [0.2, 0.25) is 0 Å². The van der Waals surface area contributed by atoms with Crippen molar-refractivity contribution in [2.75, 3.05) is 13.6 Å². The molecule has 1 heterocycles. The summed E-state index contributed by atoms with van der Waals surface area (Å²) in [5.41, 5.74) is 6.58. The molecule has 1 aromatic carbocycles. The highest BCUT2D eigenvalue weighted by Gasteiger charge is 2.18. The summed E-state index contributed by atoms with van der Waals surface area (Å²) in [6.07, 6.45) is 0. The van der Waals surface area contributed by atoms with Crippen molar-refractivity contribution in [3.8, 4) is 0 Å². The van der Waals surface area contributed by atoms with Crippen molar-refractivity contribution >= 4 is 11.3 Å². The molecule has 1 aromatic heterocycles. The van der Waals surface area contributed by atoms with Crippen molar-refractivity contribution in [3.05, 3.63) is 57.5 Å². The molecule has 2 nitrogen and oxygen atoms in total. The van der Waals surface area contributed by atoms with Gasteiger partial charge in [-0.25, -0.2) is 4.39 Å². The van der Waals surface area contributed by atoms with Crippen LogP contribution in [0.5, 0.6) is 0 Å². The highest BCUT2D eigenvalue weighted by Crippen LogP contribution is 2.27. The first-order chi connectivity index (χ1) is 9.11. The second-order valence-electron chi connectivity index (χ2n) is 4.71. The monoisotopic (exact) mass is 278 g/mol. The zero-order valence-corrected chi connectivity index (χ0v) is 12.1. The van der Waals surface area contributed by atoms with Crippen LogP contribution in [0.25, 0.3) is 0 Å². The fourth-order valence-electron chi connectivity index (χ4n) is 2.15. The van der Waals surface area contributed by atoms with Crippen LogP contribution in [0.2, 0.25) is 0 Å². The van der Waals surface area contributed by atoms with Gasteiger partial charge >= 0.3 is 0 Å². The van der Waals surface area contributed by atoms with Crippen LogP contribution < -0.4 is 5.73 Å². The first-order valence-corrected chi connectivity index (χ1v) is 7.13. The lowest BCUT2D eigenvalue weighted by atomic mass is 10.1. The summed E-state index contributed by atoms with van der Waals surface area (Å²) in [5.74, 6) is -0.160. The first kappa shape index (κ1) is 14.2. The molecule has 19 heavy (non-hydrogen) atoms. The van der Waals surface area contributed by atoms with Gasteiger partial charge in [-0.05, 0) is 32.2 Å². The van der Waals surface area contributed by atoms with Gasteiger partial charge in [-0.1, -0.05) is 18.2 Å². The molecule has 2 aromatic rings. The minimum absolute atomic E-state index is 0.137. The second-order valence-corrected chi connectivity index (χ2v) is 6.03. The SMILES string of the molecule is Cc1ccc(C(CN)N(C)Cc2ccccc2F)s1. The molecule has 0 fully saturated rings. The van der Waals surface area contributed by atoms with E-state index in [0.717, 1.165) is 0 Å². The van der Waals surface area contributed by atoms with Crippen LogP contribution in [-0.2, 0) is 6.54 Å². The summed E-state index contributed by atoms with van der Waals surface area (Å²) in [4.78, 5) is 4.61. The lowest BCUT2D eigenvalue weighted by Gasteiger charge is -2.26. The predicted octanol–water partition coefficient (Wildman–Crippen LogP) is 3.33. The summed E-state index contributed by atoms with van der Waals surface area (Å²) >= 11 is 1.75. The van der Waals surface area contributed by atoms with E-state index in [-0.39, 0.29) is 11.9 Å². The average molecular weight is 278 g/mol. The van der Waals surface area contributed by atoms with Gasteiger partial charge < -0.3 is 5.73 Å². The van der Waals surface area contributed by atoms with E-state index in [2.05, 4.69) is 24.0 Å². The lowest BCUT2D eigenvalue weighted by Crippen LogP contribution is -2.29. The molecule has 0 amide bonds. The van der Waals surface area contributed by atoms with Crippen LogP contribution in [-0.4, -0.2) is 18.5 Å². The van der Waals surface area contributed by atoms with Gasteiger partial charge in [0.15, 0.2) is 0 Å². The Hall–Kier alpha value is -1.23. The van der Waals surface area contributed by atoms with Gasteiger partial charge in [-0.2, -0.15) is 0 Å². The van der Waals surface area contributed by atoms with E-state index in [4.69, 9.17) is 5.73 Å². The van der Waals surface area contributed by atoms with Crippen LogP contribution in [0.1, 0.15) is 21.4 Å². The van der Waals surface area contributed by atoms with Crippen molar-refractivity contribution in [1.82, 2.24) is 4.90 Å². The largest absolute Gasteiger partial charge is 0.329 e. The van der Waals surface area contributed by atoms with Crippen molar-refractivity contribution in [2.45, 2.75) is 19.5 Å². The van der Waals surface area contributed by atoms with Gasteiger partial charge in [-0.15, -0.1) is 11.3 Å². The molecular formula is C15H19FN2S. The van der Waals surface area contributed by atoms with E-state index in [9.17, 15) is 4.39 Å². The Morgan fingerprint density at radius 2 is 2.00 bits per heavy atom.